The van der Waals surface area contributed by atoms with Crippen LogP contribution in [-0.4, -0.2) is 36.5 Å². The van der Waals surface area contributed by atoms with Crippen molar-refractivity contribution in [1.82, 2.24) is 4.90 Å². The van der Waals surface area contributed by atoms with Crippen LogP contribution in [0.2, 0.25) is 0 Å². The number of carbonyl (C=O) groups is 1. The summed E-state index contributed by atoms with van der Waals surface area (Å²) in [6.07, 6.45) is 2.00. The maximum Gasteiger partial charge on any atom is 0.232 e. The molecule has 0 aromatic heterocycles. The van der Waals surface area contributed by atoms with Crippen molar-refractivity contribution in [2.75, 3.05) is 19.7 Å². The highest BCUT2D eigenvalue weighted by Gasteiger charge is 2.35. The third kappa shape index (κ3) is 4.97. The van der Waals surface area contributed by atoms with Gasteiger partial charge in [-0.2, -0.15) is 0 Å². The fraction of sp³-hybridized carbons (Fsp3) is 0.667. The van der Waals surface area contributed by atoms with Crippen molar-refractivity contribution in [2.45, 2.75) is 58.9 Å². The van der Waals surface area contributed by atoms with Crippen LogP contribution in [0.4, 0.5) is 0 Å². The summed E-state index contributed by atoms with van der Waals surface area (Å²) in [4.78, 5) is 15.1. The zero-order valence-electron chi connectivity index (χ0n) is 16.4. The minimum Gasteiger partial charge on any atom is -0.493 e. The molecule has 25 heavy (non-hydrogen) atoms. The van der Waals surface area contributed by atoms with Gasteiger partial charge in [0.25, 0.3) is 0 Å². The van der Waals surface area contributed by atoms with Gasteiger partial charge in [0, 0.05) is 19.1 Å². The van der Waals surface area contributed by atoms with Crippen LogP contribution in [-0.2, 0) is 10.2 Å². The molecule has 1 aliphatic rings. The second kappa shape index (κ2) is 8.22. The molecule has 4 heteroatoms. The highest BCUT2D eigenvalue weighted by atomic mass is 16.5. The average Bonchev–Trinajstić information content (AvgIpc) is 2.59. The summed E-state index contributed by atoms with van der Waals surface area (Å²) in [5.41, 5.74) is 6.51. The predicted octanol–water partition coefficient (Wildman–Crippen LogP) is 3.58. The van der Waals surface area contributed by atoms with Crippen LogP contribution >= 0.6 is 0 Å². The average molecular weight is 347 g/mol. The van der Waals surface area contributed by atoms with Crippen LogP contribution in [0.3, 0.4) is 0 Å². The zero-order chi connectivity index (χ0) is 18.6. The van der Waals surface area contributed by atoms with Crippen molar-refractivity contribution in [1.29, 1.82) is 0 Å². The first-order chi connectivity index (χ1) is 11.7. The summed E-state index contributed by atoms with van der Waals surface area (Å²) in [6.45, 7) is 12.7. The van der Waals surface area contributed by atoms with Gasteiger partial charge in [0.05, 0.1) is 12.0 Å². The van der Waals surface area contributed by atoms with Crippen molar-refractivity contribution in [3.8, 4) is 5.75 Å². The van der Waals surface area contributed by atoms with E-state index >= 15 is 0 Å². The van der Waals surface area contributed by atoms with Crippen LogP contribution in [0.5, 0.6) is 5.75 Å². The summed E-state index contributed by atoms with van der Waals surface area (Å²) < 4.78 is 5.74. The molecule has 1 unspecified atom stereocenters. The molecule has 1 heterocycles. The summed E-state index contributed by atoms with van der Waals surface area (Å²) >= 11 is 0. The zero-order valence-corrected chi connectivity index (χ0v) is 16.4. The van der Waals surface area contributed by atoms with Crippen LogP contribution in [0.1, 0.15) is 53.0 Å². The van der Waals surface area contributed by atoms with E-state index < -0.39 is 5.41 Å². The van der Waals surface area contributed by atoms with Gasteiger partial charge in [-0.1, -0.05) is 26.0 Å². The second-order valence-electron chi connectivity index (χ2n) is 8.34. The number of nitrogens with zero attached hydrogens (tertiary/aromatic N) is 1. The van der Waals surface area contributed by atoms with Gasteiger partial charge < -0.3 is 15.4 Å². The molecule has 1 aromatic rings. The lowest BCUT2D eigenvalue weighted by molar-refractivity contribution is -0.137. The number of nitrogens with two attached hydrogens (primary N) is 1. The summed E-state index contributed by atoms with van der Waals surface area (Å²) in [5, 5.41) is 0. The molecule has 0 spiro atoms. The number of hydrogen-bond acceptors (Lipinski definition) is 3. The third-order valence-corrected chi connectivity index (χ3v) is 5.26. The Morgan fingerprint density at radius 2 is 1.76 bits per heavy atom. The molecule has 1 amide bonds. The van der Waals surface area contributed by atoms with Crippen molar-refractivity contribution < 1.29 is 9.53 Å². The first-order valence-corrected chi connectivity index (χ1v) is 9.50. The number of amides is 1. The Balaban J connectivity index is 2.01. The largest absolute Gasteiger partial charge is 0.493 e. The topological polar surface area (TPSA) is 55.6 Å². The molecule has 0 bridgehead atoms. The first-order valence-electron chi connectivity index (χ1n) is 9.50. The Kier molecular flexibility index (Phi) is 6.50. The van der Waals surface area contributed by atoms with Crippen LogP contribution < -0.4 is 10.5 Å². The van der Waals surface area contributed by atoms with Crippen LogP contribution in [0.15, 0.2) is 24.3 Å². The van der Waals surface area contributed by atoms with E-state index in [1.165, 1.54) is 0 Å². The Labute approximate surface area is 152 Å². The van der Waals surface area contributed by atoms with E-state index in [4.69, 9.17) is 10.5 Å². The number of hydrogen-bond donors (Lipinski definition) is 1. The number of piperidine rings is 1. The standard InChI is InChI=1S/C21H34N2O2/c1-15(2)14-25-19-8-6-18(7-9-19)21(4,5)20(24)23-12-10-17(11-13-23)16(3)22/h6-9,15-17H,10-14,22H2,1-5H3. The molecule has 140 valence electrons. The lowest BCUT2D eigenvalue weighted by Crippen LogP contribution is -2.48. The highest BCUT2D eigenvalue weighted by molar-refractivity contribution is 5.87. The minimum atomic E-state index is -0.530. The molecule has 1 saturated heterocycles. The van der Waals surface area contributed by atoms with E-state index in [2.05, 4.69) is 20.8 Å². The smallest absolute Gasteiger partial charge is 0.232 e. The van der Waals surface area contributed by atoms with Gasteiger partial charge in [-0.3, -0.25) is 4.79 Å². The lowest BCUT2D eigenvalue weighted by atomic mass is 9.82. The Hall–Kier alpha value is -1.55. The summed E-state index contributed by atoms with van der Waals surface area (Å²) in [7, 11) is 0. The van der Waals surface area contributed by atoms with Gasteiger partial charge >= 0.3 is 0 Å². The number of benzene rings is 1. The van der Waals surface area contributed by atoms with Gasteiger partial charge in [-0.25, -0.2) is 0 Å². The Bertz CT molecular complexity index is 556. The second-order valence-corrected chi connectivity index (χ2v) is 8.34. The Morgan fingerprint density at radius 1 is 1.20 bits per heavy atom. The molecule has 0 aliphatic carbocycles. The van der Waals surface area contributed by atoms with E-state index in [0.717, 1.165) is 37.2 Å². The van der Waals surface area contributed by atoms with Crippen LogP contribution in [0, 0.1) is 11.8 Å². The third-order valence-electron chi connectivity index (χ3n) is 5.26. The predicted molar refractivity (Wildman–Crippen MR) is 103 cm³/mol. The van der Waals surface area contributed by atoms with Gasteiger partial charge in [-0.15, -0.1) is 0 Å². The molecule has 1 aromatic carbocycles. The molecule has 4 nitrogen and oxygen atoms in total. The van der Waals surface area contributed by atoms with Crippen LogP contribution in [0.25, 0.3) is 0 Å². The van der Waals surface area contributed by atoms with Gasteiger partial charge in [0.15, 0.2) is 0 Å². The number of likely N-dealkylation sites (tertiary alicyclic amines) is 1. The van der Waals surface area contributed by atoms with Gasteiger partial charge in [0.1, 0.15) is 5.75 Å². The van der Waals surface area contributed by atoms with E-state index in [0.29, 0.717) is 18.4 Å². The van der Waals surface area contributed by atoms with Crippen molar-refractivity contribution in [3.05, 3.63) is 29.8 Å². The van der Waals surface area contributed by atoms with Gasteiger partial charge in [-0.05, 0) is 63.1 Å². The van der Waals surface area contributed by atoms with E-state index in [1.807, 2.05) is 43.0 Å². The quantitative estimate of drug-likeness (QED) is 0.856. The number of carbonyl (C=O) groups excluding carboxylic acids is 1. The maximum absolute atomic E-state index is 13.1. The minimum absolute atomic E-state index is 0.200. The normalized spacial score (nSPS) is 17.6. The molecule has 1 fully saturated rings. The molecular formula is C21H34N2O2. The fourth-order valence-corrected chi connectivity index (χ4v) is 3.38. The first kappa shape index (κ1) is 19.8. The monoisotopic (exact) mass is 346 g/mol. The van der Waals surface area contributed by atoms with E-state index in [9.17, 15) is 4.79 Å². The molecule has 1 aliphatic heterocycles. The van der Waals surface area contributed by atoms with E-state index in [1.54, 1.807) is 0 Å². The fourth-order valence-electron chi connectivity index (χ4n) is 3.38. The molecule has 2 rings (SSSR count). The number of ether oxygens (including phenoxy) is 1. The van der Waals surface area contributed by atoms with Crippen molar-refractivity contribution in [2.24, 2.45) is 17.6 Å². The van der Waals surface area contributed by atoms with Crippen molar-refractivity contribution >= 4 is 5.91 Å². The molecular weight excluding hydrogens is 312 g/mol. The lowest BCUT2D eigenvalue weighted by Gasteiger charge is -2.38. The summed E-state index contributed by atoms with van der Waals surface area (Å²) in [5.74, 6) is 2.09. The number of rotatable bonds is 6. The Morgan fingerprint density at radius 3 is 2.24 bits per heavy atom. The highest BCUT2D eigenvalue weighted by Crippen LogP contribution is 2.30. The molecule has 0 radical (unpaired) electrons. The van der Waals surface area contributed by atoms with Gasteiger partial charge in [0.2, 0.25) is 5.91 Å². The molecule has 1 atom stereocenters. The van der Waals surface area contributed by atoms with Crippen molar-refractivity contribution in [3.63, 3.8) is 0 Å². The SMILES string of the molecule is CC(C)COc1ccc(C(C)(C)C(=O)N2CCC(C(C)N)CC2)cc1. The summed E-state index contributed by atoms with van der Waals surface area (Å²) in [6, 6.07) is 8.18. The maximum atomic E-state index is 13.1. The molecule has 0 saturated carbocycles. The van der Waals surface area contributed by atoms with E-state index in [-0.39, 0.29) is 11.9 Å². The molecule has 2 N–H and O–H groups in total.